The molecule has 0 amide bonds. The Bertz CT molecular complexity index is 557. The van der Waals surface area contributed by atoms with Gasteiger partial charge in [-0.2, -0.15) is 5.10 Å². The Kier molecular flexibility index (Phi) is 3.87. The van der Waals surface area contributed by atoms with Crippen LogP contribution in [0, 0.1) is 0 Å². The number of hydrogen-bond acceptors (Lipinski definition) is 3. The summed E-state index contributed by atoms with van der Waals surface area (Å²) in [5.41, 5.74) is 1.01. The minimum atomic E-state index is -0.128. The molecule has 96 valence electrons. The fraction of sp³-hybridized carbons (Fsp3) is 0.385. The lowest BCUT2D eigenvalue weighted by atomic mass is 10.1. The van der Waals surface area contributed by atoms with Crippen LogP contribution in [0.3, 0.4) is 0 Å². The predicted octanol–water partition coefficient (Wildman–Crippen LogP) is 3.33. The van der Waals surface area contributed by atoms with E-state index in [-0.39, 0.29) is 5.78 Å². The number of carbonyl (C=O) groups excluding carboxylic acids is 1. The number of furan rings is 1. The van der Waals surface area contributed by atoms with Crippen LogP contribution >= 0.6 is 11.6 Å². The Morgan fingerprint density at radius 2 is 2.28 bits per heavy atom. The maximum atomic E-state index is 12.5. The van der Waals surface area contributed by atoms with E-state index in [1.165, 1.54) is 12.5 Å². The molecule has 4 nitrogen and oxygen atoms in total. The Morgan fingerprint density at radius 1 is 1.50 bits per heavy atom. The average molecular weight is 267 g/mol. The van der Waals surface area contributed by atoms with Crippen LogP contribution in [0.25, 0.3) is 0 Å². The highest BCUT2D eigenvalue weighted by Crippen LogP contribution is 2.22. The van der Waals surface area contributed by atoms with E-state index < -0.39 is 0 Å². The molecule has 2 aromatic rings. The summed E-state index contributed by atoms with van der Waals surface area (Å²) in [5.74, 6) is 0.553. The molecule has 2 heterocycles. The molecule has 0 N–H and O–H groups in total. The van der Waals surface area contributed by atoms with Crippen LogP contribution in [0.2, 0.25) is 5.02 Å². The minimum Gasteiger partial charge on any atom is -0.469 e. The van der Waals surface area contributed by atoms with Crippen molar-refractivity contribution in [3.63, 3.8) is 0 Å². The molecule has 2 rings (SSSR count). The molecule has 2 aromatic heterocycles. The van der Waals surface area contributed by atoms with Crippen LogP contribution in [0.4, 0.5) is 0 Å². The van der Waals surface area contributed by atoms with Crippen molar-refractivity contribution < 1.29 is 9.21 Å². The van der Waals surface area contributed by atoms with E-state index in [1.54, 1.807) is 10.7 Å². The summed E-state index contributed by atoms with van der Waals surface area (Å²) >= 11 is 6.05. The van der Waals surface area contributed by atoms with Crippen LogP contribution in [0.1, 0.15) is 42.1 Å². The van der Waals surface area contributed by atoms with Crippen LogP contribution in [0.15, 0.2) is 22.9 Å². The fourth-order valence-electron chi connectivity index (χ4n) is 1.91. The van der Waals surface area contributed by atoms with E-state index in [2.05, 4.69) is 5.10 Å². The van der Waals surface area contributed by atoms with Crippen LogP contribution in [0.5, 0.6) is 0 Å². The zero-order valence-electron chi connectivity index (χ0n) is 10.4. The Hall–Kier alpha value is -1.55. The molecule has 0 saturated carbocycles. The second-order valence-electron chi connectivity index (χ2n) is 4.00. The maximum absolute atomic E-state index is 12.5. The average Bonchev–Trinajstić information content (AvgIpc) is 2.96. The van der Waals surface area contributed by atoms with Crippen molar-refractivity contribution in [2.75, 3.05) is 0 Å². The summed E-state index contributed by atoms with van der Waals surface area (Å²) in [7, 11) is 0. The molecule has 0 unspecified atom stereocenters. The van der Waals surface area contributed by atoms with Crippen molar-refractivity contribution in [3.8, 4) is 0 Å². The molecule has 0 bridgehead atoms. The van der Waals surface area contributed by atoms with Gasteiger partial charge in [0, 0.05) is 13.0 Å². The summed E-state index contributed by atoms with van der Waals surface area (Å²) in [4.78, 5) is 12.5. The number of hydrogen-bond donors (Lipinski definition) is 0. The lowest BCUT2D eigenvalue weighted by molar-refractivity contribution is 0.102. The Balaban J connectivity index is 2.42. The highest BCUT2D eigenvalue weighted by Gasteiger charge is 2.22. The van der Waals surface area contributed by atoms with Gasteiger partial charge in [0.2, 0.25) is 5.78 Å². The lowest BCUT2D eigenvalue weighted by Gasteiger charge is -2.05. The van der Waals surface area contributed by atoms with Crippen molar-refractivity contribution in [2.45, 2.75) is 33.2 Å². The lowest BCUT2D eigenvalue weighted by Crippen LogP contribution is -2.12. The molecular formula is C13H15ClN2O2. The summed E-state index contributed by atoms with van der Waals surface area (Å²) < 4.78 is 6.93. The van der Waals surface area contributed by atoms with Gasteiger partial charge in [0.25, 0.3) is 0 Å². The van der Waals surface area contributed by atoms with Crippen molar-refractivity contribution in [1.82, 2.24) is 9.78 Å². The van der Waals surface area contributed by atoms with Gasteiger partial charge >= 0.3 is 0 Å². The molecule has 0 fully saturated rings. The molecule has 0 aliphatic rings. The number of ketones is 1. The van der Waals surface area contributed by atoms with E-state index in [0.717, 1.165) is 6.42 Å². The first-order chi connectivity index (χ1) is 8.69. The summed E-state index contributed by atoms with van der Waals surface area (Å²) in [6, 6.07) is 1.68. The molecule has 0 aliphatic heterocycles. The second kappa shape index (κ2) is 5.40. The summed E-state index contributed by atoms with van der Waals surface area (Å²) in [6.45, 7) is 4.65. The zero-order valence-corrected chi connectivity index (χ0v) is 11.2. The van der Waals surface area contributed by atoms with E-state index in [0.29, 0.717) is 35.0 Å². The number of rotatable bonds is 5. The fourth-order valence-corrected chi connectivity index (χ4v) is 2.14. The molecule has 5 heteroatoms. The first-order valence-corrected chi connectivity index (χ1v) is 6.39. The summed E-state index contributed by atoms with van der Waals surface area (Å²) in [5, 5.41) is 4.51. The monoisotopic (exact) mass is 266 g/mol. The highest BCUT2D eigenvalue weighted by atomic mass is 35.5. The topological polar surface area (TPSA) is 48.0 Å². The molecule has 0 atom stereocenters. The summed E-state index contributed by atoms with van der Waals surface area (Å²) in [6.07, 6.45) is 4.61. The molecule has 0 aliphatic carbocycles. The Labute approximate surface area is 111 Å². The quantitative estimate of drug-likeness (QED) is 0.780. The van der Waals surface area contributed by atoms with Crippen molar-refractivity contribution in [3.05, 3.63) is 40.6 Å². The van der Waals surface area contributed by atoms with Gasteiger partial charge in [0.1, 0.15) is 11.5 Å². The number of aryl methyl sites for hydroxylation is 2. The van der Waals surface area contributed by atoms with Crippen molar-refractivity contribution in [1.29, 1.82) is 0 Å². The SMILES string of the molecule is CCCn1ncc(Cl)c1C(=O)c1ccoc1CC. The molecule has 18 heavy (non-hydrogen) atoms. The largest absolute Gasteiger partial charge is 0.469 e. The van der Waals surface area contributed by atoms with Gasteiger partial charge in [-0.05, 0) is 12.5 Å². The van der Waals surface area contributed by atoms with Gasteiger partial charge in [0.15, 0.2) is 0 Å². The smallest absolute Gasteiger partial charge is 0.216 e. The minimum absolute atomic E-state index is 0.128. The van der Waals surface area contributed by atoms with E-state index in [1.807, 2.05) is 13.8 Å². The third kappa shape index (κ3) is 2.20. The number of carbonyl (C=O) groups is 1. The van der Waals surface area contributed by atoms with Gasteiger partial charge in [-0.25, -0.2) is 0 Å². The van der Waals surface area contributed by atoms with E-state index in [4.69, 9.17) is 16.0 Å². The predicted molar refractivity (Wildman–Crippen MR) is 69.0 cm³/mol. The third-order valence-electron chi connectivity index (χ3n) is 2.76. The molecular weight excluding hydrogens is 252 g/mol. The molecule has 0 radical (unpaired) electrons. The first kappa shape index (κ1) is 12.9. The van der Waals surface area contributed by atoms with Crippen LogP contribution < -0.4 is 0 Å². The van der Waals surface area contributed by atoms with Gasteiger partial charge in [-0.3, -0.25) is 9.48 Å². The second-order valence-corrected chi connectivity index (χ2v) is 4.41. The van der Waals surface area contributed by atoms with Gasteiger partial charge in [0.05, 0.1) is 23.0 Å². The van der Waals surface area contributed by atoms with Crippen LogP contribution in [-0.4, -0.2) is 15.6 Å². The van der Waals surface area contributed by atoms with Gasteiger partial charge in [-0.1, -0.05) is 25.4 Å². The van der Waals surface area contributed by atoms with Gasteiger partial charge < -0.3 is 4.42 Å². The highest BCUT2D eigenvalue weighted by molar-refractivity contribution is 6.34. The van der Waals surface area contributed by atoms with Crippen molar-refractivity contribution in [2.24, 2.45) is 0 Å². The first-order valence-electron chi connectivity index (χ1n) is 6.01. The molecule has 0 aromatic carbocycles. The standard InChI is InChI=1S/C13H15ClN2O2/c1-3-6-16-12(10(14)8-15-16)13(17)9-5-7-18-11(9)4-2/h5,7-8H,3-4,6H2,1-2H3. The van der Waals surface area contributed by atoms with Crippen molar-refractivity contribution >= 4 is 17.4 Å². The molecule has 0 spiro atoms. The van der Waals surface area contributed by atoms with Gasteiger partial charge in [-0.15, -0.1) is 0 Å². The maximum Gasteiger partial charge on any atom is 0.216 e. The van der Waals surface area contributed by atoms with E-state index >= 15 is 0 Å². The number of aromatic nitrogens is 2. The zero-order chi connectivity index (χ0) is 13.1. The molecule has 0 saturated heterocycles. The normalized spacial score (nSPS) is 10.8. The third-order valence-corrected chi connectivity index (χ3v) is 3.03. The Morgan fingerprint density at radius 3 is 2.94 bits per heavy atom. The number of halogens is 1. The van der Waals surface area contributed by atoms with E-state index in [9.17, 15) is 4.79 Å². The number of nitrogens with zero attached hydrogens (tertiary/aromatic N) is 2. The van der Waals surface area contributed by atoms with Crippen LogP contribution in [-0.2, 0) is 13.0 Å².